The predicted octanol–water partition coefficient (Wildman–Crippen LogP) is 4.07. The van der Waals surface area contributed by atoms with Crippen molar-refractivity contribution >= 4 is 11.0 Å². The van der Waals surface area contributed by atoms with Crippen molar-refractivity contribution in [2.75, 3.05) is 0 Å². The maximum absolute atomic E-state index is 5.54. The van der Waals surface area contributed by atoms with E-state index >= 15 is 0 Å². The monoisotopic (exact) mass is 203 g/mol. The first-order chi connectivity index (χ1) is 7.11. The summed E-state index contributed by atoms with van der Waals surface area (Å²) < 4.78 is 5.54. The van der Waals surface area contributed by atoms with E-state index in [2.05, 4.69) is 32.7 Å². The van der Waals surface area contributed by atoms with Crippen LogP contribution in [-0.2, 0) is 0 Å². The minimum absolute atomic E-state index is 0.483. The SMILES string of the molecule is CC(C)c1cncc2occ(C(C)C)c12. The van der Waals surface area contributed by atoms with Gasteiger partial charge in [0.05, 0.1) is 12.5 Å². The second kappa shape index (κ2) is 3.69. The third-order valence-corrected chi connectivity index (χ3v) is 2.79. The van der Waals surface area contributed by atoms with Gasteiger partial charge < -0.3 is 4.42 Å². The molecule has 0 fully saturated rings. The highest BCUT2D eigenvalue weighted by molar-refractivity contribution is 5.84. The van der Waals surface area contributed by atoms with Crippen molar-refractivity contribution in [2.45, 2.75) is 39.5 Å². The Morgan fingerprint density at radius 1 is 1.00 bits per heavy atom. The van der Waals surface area contributed by atoms with Crippen LogP contribution in [0.2, 0.25) is 0 Å². The molecule has 0 radical (unpaired) electrons. The van der Waals surface area contributed by atoms with Crippen molar-refractivity contribution in [1.29, 1.82) is 0 Å². The zero-order valence-electron chi connectivity index (χ0n) is 9.74. The lowest BCUT2D eigenvalue weighted by Gasteiger charge is -2.09. The van der Waals surface area contributed by atoms with Gasteiger partial charge in [-0.05, 0) is 17.4 Å². The Bertz CT molecular complexity index is 468. The van der Waals surface area contributed by atoms with E-state index in [0.29, 0.717) is 11.8 Å². The zero-order chi connectivity index (χ0) is 11.0. The zero-order valence-corrected chi connectivity index (χ0v) is 9.74. The summed E-state index contributed by atoms with van der Waals surface area (Å²) in [6, 6.07) is 0. The Hall–Kier alpha value is -1.31. The second-order valence-electron chi connectivity index (χ2n) is 4.60. The molecule has 0 amide bonds. The lowest BCUT2D eigenvalue weighted by atomic mass is 9.95. The normalized spacial score (nSPS) is 11.9. The molecule has 2 heterocycles. The lowest BCUT2D eigenvalue weighted by Crippen LogP contribution is -1.93. The van der Waals surface area contributed by atoms with Gasteiger partial charge in [-0.2, -0.15) is 0 Å². The van der Waals surface area contributed by atoms with E-state index in [1.807, 2.05) is 12.5 Å². The van der Waals surface area contributed by atoms with Crippen LogP contribution >= 0.6 is 0 Å². The summed E-state index contributed by atoms with van der Waals surface area (Å²) in [5.41, 5.74) is 3.48. The maximum atomic E-state index is 5.54. The average molecular weight is 203 g/mol. The molecule has 0 atom stereocenters. The van der Waals surface area contributed by atoms with Gasteiger partial charge in [0, 0.05) is 17.1 Å². The summed E-state index contributed by atoms with van der Waals surface area (Å²) in [6.07, 6.45) is 5.62. The third-order valence-electron chi connectivity index (χ3n) is 2.79. The topological polar surface area (TPSA) is 26.0 Å². The fraction of sp³-hybridized carbons (Fsp3) is 0.462. The number of aromatic nitrogens is 1. The molecule has 80 valence electrons. The minimum Gasteiger partial charge on any atom is -0.462 e. The molecule has 2 nitrogen and oxygen atoms in total. The van der Waals surface area contributed by atoms with E-state index < -0.39 is 0 Å². The number of pyridine rings is 1. The fourth-order valence-electron chi connectivity index (χ4n) is 1.90. The first-order valence-electron chi connectivity index (χ1n) is 5.46. The Morgan fingerprint density at radius 3 is 2.27 bits per heavy atom. The summed E-state index contributed by atoms with van der Waals surface area (Å²) in [7, 11) is 0. The molecular formula is C13H17NO. The van der Waals surface area contributed by atoms with Gasteiger partial charge in [-0.1, -0.05) is 27.7 Å². The molecule has 0 saturated heterocycles. The van der Waals surface area contributed by atoms with Gasteiger partial charge in [-0.15, -0.1) is 0 Å². The molecular weight excluding hydrogens is 186 g/mol. The number of nitrogens with zero attached hydrogens (tertiary/aromatic N) is 1. The highest BCUT2D eigenvalue weighted by Crippen LogP contribution is 2.32. The van der Waals surface area contributed by atoms with Gasteiger partial charge >= 0.3 is 0 Å². The smallest absolute Gasteiger partial charge is 0.152 e. The first kappa shape index (κ1) is 10.2. The summed E-state index contributed by atoms with van der Waals surface area (Å²) in [6.45, 7) is 8.75. The van der Waals surface area contributed by atoms with E-state index in [4.69, 9.17) is 4.42 Å². The van der Waals surface area contributed by atoms with Crippen LogP contribution in [-0.4, -0.2) is 4.98 Å². The lowest BCUT2D eigenvalue weighted by molar-refractivity contribution is 0.605. The molecule has 2 rings (SSSR count). The van der Waals surface area contributed by atoms with Crippen LogP contribution in [0, 0.1) is 0 Å². The number of hydrogen-bond acceptors (Lipinski definition) is 2. The molecule has 0 aliphatic heterocycles. The fourth-order valence-corrected chi connectivity index (χ4v) is 1.90. The maximum Gasteiger partial charge on any atom is 0.152 e. The summed E-state index contributed by atoms with van der Waals surface area (Å²) >= 11 is 0. The molecule has 15 heavy (non-hydrogen) atoms. The summed E-state index contributed by atoms with van der Waals surface area (Å²) in [4.78, 5) is 4.21. The molecule has 0 aromatic carbocycles. The van der Waals surface area contributed by atoms with Crippen LogP contribution < -0.4 is 0 Å². The van der Waals surface area contributed by atoms with Gasteiger partial charge in [0.2, 0.25) is 0 Å². The van der Waals surface area contributed by atoms with Gasteiger partial charge in [0.1, 0.15) is 0 Å². The molecule has 2 aromatic rings. The number of rotatable bonds is 2. The largest absolute Gasteiger partial charge is 0.462 e. The van der Waals surface area contributed by atoms with Gasteiger partial charge in [0.15, 0.2) is 5.58 Å². The molecule has 0 aliphatic rings. The van der Waals surface area contributed by atoms with Crippen LogP contribution in [0.4, 0.5) is 0 Å². The molecule has 0 aliphatic carbocycles. The van der Waals surface area contributed by atoms with Crippen molar-refractivity contribution in [3.05, 3.63) is 29.8 Å². The Labute approximate surface area is 90.3 Å². The van der Waals surface area contributed by atoms with Crippen molar-refractivity contribution < 1.29 is 4.42 Å². The molecule has 2 aromatic heterocycles. The van der Waals surface area contributed by atoms with Crippen molar-refractivity contribution in [1.82, 2.24) is 4.98 Å². The quantitative estimate of drug-likeness (QED) is 0.735. The highest BCUT2D eigenvalue weighted by Gasteiger charge is 2.14. The van der Waals surface area contributed by atoms with E-state index in [9.17, 15) is 0 Å². The van der Waals surface area contributed by atoms with Crippen molar-refractivity contribution in [3.8, 4) is 0 Å². The molecule has 0 spiro atoms. The van der Waals surface area contributed by atoms with Crippen LogP contribution in [0.1, 0.15) is 50.7 Å². The molecule has 0 N–H and O–H groups in total. The predicted molar refractivity (Wildman–Crippen MR) is 62.2 cm³/mol. The molecule has 2 heteroatoms. The second-order valence-corrected chi connectivity index (χ2v) is 4.60. The summed E-state index contributed by atoms with van der Waals surface area (Å²) in [5, 5.41) is 1.26. The van der Waals surface area contributed by atoms with E-state index in [0.717, 1.165) is 5.58 Å². The van der Waals surface area contributed by atoms with Gasteiger partial charge in [-0.3, -0.25) is 4.98 Å². The van der Waals surface area contributed by atoms with Gasteiger partial charge in [-0.25, -0.2) is 0 Å². The van der Waals surface area contributed by atoms with Crippen LogP contribution in [0.25, 0.3) is 11.0 Å². The van der Waals surface area contributed by atoms with Gasteiger partial charge in [0.25, 0.3) is 0 Å². The molecule has 0 unspecified atom stereocenters. The van der Waals surface area contributed by atoms with Crippen LogP contribution in [0.5, 0.6) is 0 Å². The Balaban J connectivity index is 2.75. The number of furan rings is 1. The first-order valence-corrected chi connectivity index (χ1v) is 5.46. The van der Waals surface area contributed by atoms with E-state index in [-0.39, 0.29) is 0 Å². The van der Waals surface area contributed by atoms with E-state index in [1.165, 1.54) is 16.5 Å². The number of hydrogen-bond donors (Lipinski definition) is 0. The minimum atomic E-state index is 0.483. The summed E-state index contributed by atoms with van der Waals surface area (Å²) in [5.74, 6) is 0.974. The molecule has 0 bridgehead atoms. The van der Waals surface area contributed by atoms with E-state index in [1.54, 1.807) is 6.20 Å². The number of fused-ring (bicyclic) bond motifs is 1. The average Bonchev–Trinajstić information content (AvgIpc) is 2.60. The standard InChI is InChI=1S/C13H17NO/c1-8(2)10-5-14-6-12-13(10)11(7-15-12)9(3)4/h5-9H,1-4H3. The van der Waals surface area contributed by atoms with Crippen LogP contribution in [0.3, 0.4) is 0 Å². The Morgan fingerprint density at radius 2 is 1.67 bits per heavy atom. The highest BCUT2D eigenvalue weighted by atomic mass is 16.3. The van der Waals surface area contributed by atoms with Crippen LogP contribution in [0.15, 0.2) is 23.1 Å². The van der Waals surface area contributed by atoms with Crippen molar-refractivity contribution in [2.24, 2.45) is 0 Å². The molecule has 0 saturated carbocycles. The van der Waals surface area contributed by atoms with Crippen molar-refractivity contribution in [3.63, 3.8) is 0 Å². The Kier molecular flexibility index (Phi) is 2.51. The third kappa shape index (κ3) is 1.65.